The number of nitrogens with zero attached hydrogens (tertiary/aromatic N) is 2. The zero-order chi connectivity index (χ0) is 13.7. The predicted octanol–water partition coefficient (Wildman–Crippen LogP) is 3.37. The van der Waals surface area contributed by atoms with Gasteiger partial charge in [0.15, 0.2) is 11.6 Å². The molecule has 0 spiro atoms. The molecule has 2 rings (SSSR count). The van der Waals surface area contributed by atoms with Gasteiger partial charge in [0.25, 0.3) is 5.88 Å². The highest BCUT2D eigenvalue weighted by molar-refractivity contribution is 5.32. The third kappa shape index (κ3) is 3.37. The van der Waals surface area contributed by atoms with Gasteiger partial charge in [-0.2, -0.15) is 9.37 Å². The van der Waals surface area contributed by atoms with Crippen molar-refractivity contribution in [2.75, 3.05) is 11.9 Å². The van der Waals surface area contributed by atoms with Gasteiger partial charge in [-0.05, 0) is 18.6 Å². The largest absolute Gasteiger partial charge is 0.433 e. The second-order valence-electron chi connectivity index (χ2n) is 3.81. The van der Waals surface area contributed by atoms with E-state index < -0.39 is 11.6 Å². The second kappa shape index (κ2) is 6.08. The highest BCUT2D eigenvalue weighted by Gasteiger charge is 2.11. The number of hydrogen-bond donors (Lipinski definition) is 1. The molecule has 100 valence electrons. The van der Waals surface area contributed by atoms with Gasteiger partial charge in [-0.3, -0.25) is 0 Å². The van der Waals surface area contributed by atoms with Gasteiger partial charge in [-0.15, -0.1) is 0 Å². The number of rotatable bonds is 5. The van der Waals surface area contributed by atoms with Crippen molar-refractivity contribution in [2.24, 2.45) is 0 Å². The third-order valence-corrected chi connectivity index (χ3v) is 2.29. The molecule has 0 aliphatic heterocycles. The Hall–Kier alpha value is -2.24. The zero-order valence-corrected chi connectivity index (χ0v) is 10.4. The number of halogens is 2. The normalized spacial score (nSPS) is 10.3. The van der Waals surface area contributed by atoms with E-state index in [2.05, 4.69) is 15.3 Å². The van der Waals surface area contributed by atoms with Crippen molar-refractivity contribution in [3.8, 4) is 11.6 Å². The van der Waals surface area contributed by atoms with Crippen LogP contribution >= 0.6 is 0 Å². The van der Waals surface area contributed by atoms with Crippen LogP contribution < -0.4 is 10.1 Å². The maximum Gasteiger partial charge on any atom is 0.260 e. The standard InChI is InChI=1S/C13H13F2N3O/c1-2-7-16-13-17-8-10(15)12(18-13)19-11-6-4-3-5-9(11)14/h3-6,8H,2,7H2,1H3,(H,16,17,18). The molecule has 1 aromatic carbocycles. The van der Waals surface area contributed by atoms with Crippen LogP contribution in [-0.2, 0) is 0 Å². The summed E-state index contributed by atoms with van der Waals surface area (Å²) in [5, 5.41) is 2.90. The molecule has 0 saturated heterocycles. The van der Waals surface area contributed by atoms with Crippen LogP contribution in [0.15, 0.2) is 30.5 Å². The molecule has 0 radical (unpaired) electrons. The van der Waals surface area contributed by atoms with Crippen LogP contribution in [0.1, 0.15) is 13.3 Å². The van der Waals surface area contributed by atoms with Gasteiger partial charge in [0.2, 0.25) is 11.8 Å². The van der Waals surface area contributed by atoms with Gasteiger partial charge in [0, 0.05) is 6.54 Å². The minimum Gasteiger partial charge on any atom is -0.433 e. The van der Waals surface area contributed by atoms with E-state index in [1.807, 2.05) is 6.92 Å². The Labute approximate surface area is 109 Å². The molecule has 0 amide bonds. The van der Waals surface area contributed by atoms with Crippen LogP contribution in [-0.4, -0.2) is 16.5 Å². The number of hydrogen-bond acceptors (Lipinski definition) is 4. The van der Waals surface area contributed by atoms with Crippen LogP contribution in [0.3, 0.4) is 0 Å². The quantitative estimate of drug-likeness (QED) is 0.900. The van der Waals surface area contributed by atoms with Crippen molar-refractivity contribution in [2.45, 2.75) is 13.3 Å². The highest BCUT2D eigenvalue weighted by atomic mass is 19.1. The Morgan fingerprint density at radius 1 is 1.21 bits per heavy atom. The Morgan fingerprint density at radius 3 is 2.74 bits per heavy atom. The second-order valence-corrected chi connectivity index (χ2v) is 3.81. The van der Waals surface area contributed by atoms with Crippen molar-refractivity contribution in [3.05, 3.63) is 42.1 Å². The summed E-state index contributed by atoms with van der Waals surface area (Å²) in [6, 6.07) is 5.74. The lowest BCUT2D eigenvalue weighted by molar-refractivity contribution is 0.397. The first-order valence-electron chi connectivity index (χ1n) is 5.89. The van der Waals surface area contributed by atoms with Gasteiger partial charge in [0.05, 0.1) is 6.20 Å². The molecule has 2 aromatic rings. The Bertz CT molecular complexity index is 563. The number of aromatic nitrogens is 2. The Balaban J connectivity index is 2.21. The maximum atomic E-state index is 13.5. The molecular formula is C13H13F2N3O. The minimum atomic E-state index is -0.745. The van der Waals surface area contributed by atoms with E-state index in [9.17, 15) is 8.78 Å². The molecule has 1 N–H and O–H groups in total. The van der Waals surface area contributed by atoms with E-state index in [0.717, 1.165) is 12.6 Å². The zero-order valence-electron chi connectivity index (χ0n) is 10.4. The van der Waals surface area contributed by atoms with Crippen LogP contribution in [0.25, 0.3) is 0 Å². The SMILES string of the molecule is CCCNc1ncc(F)c(Oc2ccccc2F)n1. The fourth-order valence-corrected chi connectivity index (χ4v) is 1.38. The fourth-order valence-electron chi connectivity index (χ4n) is 1.38. The van der Waals surface area contributed by atoms with Crippen molar-refractivity contribution in [1.29, 1.82) is 0 Å². The molecule has 1 aromatic heterocycles. The topological polar surface area (TPSA) is 47.0 Å². The molecular weight excluding hydrogens is 252 g/mol. The van der Waals surface area contributed by atoms with Crippen molar-refractivity contribution < 1.29 is 13.5 Å². The molecule has 6 heteroatoms. The number of benzene rings is 1. The van der Waals surface area contributed by atoms with Crippen molar-refractivity contribution in [1.82, 2.24) is 9.97 Å². The van der Waals surface area contributed by atoms with Crippen molar-refractivity contribution in [3.63, 3.8) is 0 Å². The molecule has 0 bridgehead atoms. The third-order valence-electron chi connectivity index (χ3n) is 2.29. The van der Waals surface area contributed by atoms with Crippen LogP contribution in [0.5, 0.6) is 11.6 Å². The highest BCUT2D eigenvalue weighted by Crippen LogP contribution is 2.25. The molecule has 4 nitrogen and oxygen atoms in total. The molecule has 1 heterocycles. The molecule has 0 aliphatic rings. The van der Waals surface area contributed by atoms with Crippen molar-refractivity contribution >= 4 is 5.95 Å². The lowest BCUT2D eigenvalue weighted by atomic mass is 10.3. The van der Waals surface area contributed by atoms with Crippen LogP contribution in [0, 0.1) is 11.6 Å². The summed E-state index contributed by atoms with van der Waals surface area (Å²) in [6.45, 7) is 2.64. The monoisotopic (exact) mass is 265 g/mol. The van der Waals surface area contributed by atoms with E-state index in [0.29, 0.717) is 6.54 Å². The van der Waals surface area contributed by atoms with Gasteiger partial charge in [0.1, 0.15) is 0 Å². The van der Waals surface area contributed by atoms with E-state index >= 15 is 0 Å². The van der Waals surface area contributed by atoms with E-state index in [4.69, 9.17) is 4.74 Å². The molecule has 0 fully saturated rings. The van der Waals surface area contributed by atoms with E-state index in [1.165, 1.54) is 18.2 Å². The lowest BCUT2D eigenvalue weighted by Gasteiger charge is -2.08. The maximum absolute atomic E-state index is 13.5. The van der Waals surface area contributed by atoms with Gasteiger partial charge in [-0.25, -0.2) is 9.37 Å². The summed E-state index contributed by atoms with van der Waals surface area (Å²) in [4.78, 5) is 7.63. The molecule has 0 aliphatic carbocycles. The summed E-state index contributed by atoms with van der Waals surface area (Å²) in [5.41, 5.74) is 0. The van der Waals surface area contributed by atoms with Gasteiger partial charge < -0.3 is 10.1 Å². The number of nitrogens with one attached hydrogen (secondary N) is 1. The first kappa shape index (κ1) is 13.2. The van der Waals surface area contributed by atoms with Gasteiger partial charge in [-0.1, -0.05) is 19.1 Å². The molecule has 0 atom stereocenters. The molecule has 0 saturated carbocycles. The van der Waals surface area contributed by atoms with Gasteiger partial charge >= 0.3 is 0 Å². The summed E-state index contributed by atoms with van der Waals surface area (Å²) >= 11 is 0. The van der Waals surface area contributed by atoms with Crippen LogP contribution in [0.4, 0.5) is 14.7 Å². The average molecular weight is 265 g/mol. The number of ether oxygens (including phenoxy) is 1. The number of anilines is 1. The fraction of sp³-hybridized carbons (Fsp3) is 0.231. The van der Waals surface area contributed by atoms with Crippen LogP contribution in [0.2, 0.25) is 0 Å². The first-order valence-corrected chi connectivity index (χ1v) is 5.89. The number of para-hydroxylation sites is 1. The summed E-state index contributed by atoms with van der Waals surface area (Å²) < 4.78 is 32.0. The Morgan fingerprint density at radius 2 is 2.00 bits per heavy atom. The smallest absolute Gasteiger partial charge is 0.260 e. The minimum absolute atomic E-state index is 0.0819. The van der Waals surface area contributed by atoms with E-state index in [-0.39, 0.29) is 17.6 Å². The summed E-state index contributed by atoms with van der Waals surface area (Å²) in [6.07, 6.45) is 1.87. The first-order chi connectivity index (χ1) is 9.20. The summed E-state index contributed by atoms with van der Waals surface area (Å²) in [5.74, 6) is -1.47. The lowest BCUT2D eigenvalue weighted by Crippen LogP contribution is -2.06. The summed E-state index contributed by atoms with van der Waals surface area (Å²) in [7, 11) is 0. The predicted molar refractivity (Wildman–Crippen MR) is 67.2 cm³/mol. The Kier molecular flexibility index (Phi) is 4.22. The molecule has 0 unspecified atom stereocenters. The van der Waals surface area contributed by atoms with E-state index in [1.54, 1.807) is 6.07 Å². The average Bonchev–Trinajstić information content (AvgIpc) is 2.42. The molecule has 19 heavy (non-hydrogen) atoms.